The van der Waals surface area contributed by atoms with Crippen LogP contribution in [0.25, 0.3) is 0 Å². The Hall–Kier alpha value is -2.37. The highest BCUT2D eigenvalue weighted by molar-refractivity contribution is 6.08. The fourth-order valence-electron chi connectivity index (χ4n) is 3.76. The molecule has 140 valence electrons. The van der Waals surface area contributed by atoms with Crippen molar-refractivity contribution in [2.75, 3.05) is 6.54 Å². The largest absolute Gasteiger partial charge is 0.352 e. The molecule has 1 saturated heterocycles. The monoisotopic (exact) mass is 357 g/mol. The number of urea groups is 1. The van der Waals surface area contributed by atoms with Crippen LogP contribution in [0.2, 0.25) is 0 Å². The van der Waals surface area contributed by atoms with Crippen molar-refractivity contribution in [1.29, 1.82) is 0 Å². The first kappa shape index (κ1) is 18.4. The summed E-state index contributed by atoms with van der Waals surface area (Å²) < 4.78 is 0. The SMILES string of the molecule is C[C@]1(CCc2ccccc2)NC(=O)N(CC(=O)NC2CCCCC2)C1=O. The Kier molecular flexibility index (Phi) is 5.59. The van der Waals surface area contributed by atoms with Crippen LogP contribution in [0, 0.1) is 0 Å². The number of imide groups is 1. The van der Waals surface area contributed by atoms with Gasteiger partial charge in [0.25, 0.3) is 5.91 Å². The maximum atomic E-state index is 12.7. The van der Waals surface area contributed by atoms with E-state index in [1.54, 1.807) is 6.92 Å². The minimum atomic E-state index is -0.960. The number of aryl methyl sites for hydroxylation is 1. The summed E-state index contributed by atoms with van der Waals surface area (Å²) >= 11 is 0. The van der Waals surface area contributed by atoms with Gasteiger partial charge in [0, 0.05) is 6.04 Å². The fourth-order valence-corrected chi connectivity index (χ4v) is 3.76. The van der Waals surface area contributed by atoms with E-state index in [-0.39, 0.29) is 24.4 Å². The minimum Gasteiger partial charge on any atom is -0.352 e. The first-order valence-electron chi connectivity index (χ1n) is 9.45. The predicted molar refractivity (Wildman–Crippen MR) is 98.4 cm³/mol. The van der Waals surface area contributed by atoms with Crippen LogP contribution in [-0.2, 0) is 16.0 Å². The maximum absolute atomic E-state index is 12.7. The highest BCUT2D eigenvalue weighted by atomic mass is 16.2. The Labute approximate surface area is 154 Å². The smallest absolute Gasteiger partial charge is 0.325 e. The van der Waals surface area contributed by atoms with E-state index < -0.39 is 11.6 Å². The zero-order valence-corrected chi connectivity index (χ0v) is 15.3. The van der Waals surface area contributed by atoms with Crippen molar-refractivity contribution in [3.63, 3.8) is 0 Å². The van der Waals surface area contributed by atoms with Gasteiger partial charge in [0.1, 0.15) is 12.1 Å². The molecule has 1 aromatic carbocycles. The van der Waals surface area contributed by atoms with E-state index in [1.165, 1.54) is 6.42 Å². The lowest BCUT2D eigenvalue weighted by Gasteiger charge is -2.24. The number of hydrogen-bond acceptors (Lipinski definition) is 3. The van der Waals surface area contributed by atoms with Crippen LogP contribution < -0.4 is 10.6 Å². The van der Waals surface area contributed by atoms with E-state index >= 15 is 0 Å². The normalized spacial score (nSPS) is 23.8. The number of hydrogen-bond donors (Lipinski definition) is 2. The van der Waals surface area contributed by atoms with Crippen LogP contribution in [0.5, 0.6) is 0 Å². The average Bonchev–Trinajstić information content (AvgIpc) is 2.85. The lowest BCUT2D eigenvalue weighted by atomic mass is 9.93. The lowest BCUT2D eigenvalue weighted by molar-refractivity contribution is -0.135. The number of nitrogens with zero attached hydrogens (tertiary/aromatic N) is 1. The molecule has 1 heterocycles. The third-order valence-corrected chi connectivity index (χ3v) is 5.37. The van der Waals surface area contributed by atoms with Gasteiger partial charge in [0.05, 0.1) is 0 Å². The van der Waals surface area contributed by atoms with Gasteiger partial charge < -0.3 is 10.6 Å². The van der Waals surface area contributed by atoms with Crippen LogP contribution in [0.4, 0.5) is 4.79 Å². The molecule has 2 N–H and O–H groups in total. The molecule has 3 rings (SSSR count). The van der Waals surface area contributed by atoms with E-state index in [1.807, 2.05) is 30.3 Å². The second kappa shape index (κ2) is 7.89. The average molecular weight is 357 g/mol. The number of amides is 4. The molecule has 6 nitrogen and oxygen atoms in total. The molecular weight excluding hydrogens is 330 g/mol. The first-order chi connectivity index (χ1) is 12.5. The van der Waals surface area contributed by atoms with E-state index in [4.69, 9.17) is 0 Å². The Morgan fingerprint density at radius 2 is 1.88 bits per heavy atom. The van der Waals surface area contributed by atoms with Gasteiger partial charge in [-0.15, -0.1) is 0 Å². The topological polar surface area (TPSA) is 78.5 Å². The summed E-state index contributed by atoms with van der Waals surface area (Å²) in [5, 5.41) is 5.73. The van der Waals surface area contributed by atoms with Gasteiger partial charge in [-0.2, -0.15) is 0 Å². The fraction of sp³-hybridized carbons (Fsp3) is 0.550. The molecule has 1 aromatic rings. The van der Waals surface area contributed by atoms with Gasteiger partial charge in [-0.05, 0) is 38.2 Å². The van der Waals surface area contributed by atoms with Crippen LogP contribution in [0.15, 0.2) is 30.3 Å². The van der Waals surface area contributed by atoms with E-state index in [0.717, 1.165) is 36.1 Å². The zero-order chi connectivity index (χ0) is 18.6. The van der Waals surface area contributed by atoms with Gasteiger partial charge in [0.2, 0.25) is 5.91 Å². The molecule has 6 heteroatoms. The third kappa shape index (κ3) is 4.23. The second-order valence-corrected chi connectivity index (χ2v) is 7.54. The van der Waals surface area contributed by atoms with Crippen molar-refractivity contribution in [2.24, 2.45) is 0 Å². The van der Waals surface area contributed by atoms with Crippen molar-refractivity contribution >= 4 is 17.8 Å². The summed E-state index contributed by atoms with van der Waals surface area (Å²) in [4.78, 5) is 38.3. The molecule has 1 saturated carbocycles. The van der Waals surface area contributed by atoms with Gasteiger partial charge >= 0.3 is 6.03 Å². The van der Waals surface area contributed by atoms with E-state index in [0.29, 0.717) is 12.8 Å². The summed E-state index contributed by atoms with van der Waals surface area (Å²) in [6.45, 7) is 1.53. The summed E-state index contributed by atoms with van der Waals surface area (Å²) in [5.74, 6) is -0.579. The number of nitrogens with one attached hydrogen (secondary N) is 2. The van der Waals surface area contributed by atoms with Crippen molar-refractivity contribution in [2.45, 2.75) is 63.5 Å². The number of carbonyl (C=O) groups is 3. The number of rotatable bonds is 6. The Bertz CT molecular complexity index is 670. The molecule has 4 amide bonds. The van der Waals surface area contributed by atoms with Crippen molar-refractivity contribution < 1.29 is 14.4 Å². The highest BCUT2D eigenvalue weighted by Gasteiger charge is 2.47. The van der Waals surface area contributed by atoms with E-state index in [2.05, 4.69) is 10.6 Å². The third-order valence-electron chi connectivity index (χ3n) is 5.37. The van der Waals surface area contributed by atoms with Gasteiger partial charge in [0.15, 0.2) is 0 Å². The Morgan fingerprint density at radius 3 is 2.58 bits per heavy atom. The molecule has 0 radical (unpaired) electrons. The lowest BCUT2D eigenvalue weighted by Crippen LogP contribution is -2.47. The van der Waals surface area contributed by atoms with Crippen LogP contribution in [0.1, 0.15) is 51.0 Å². The van der Waals surface area contributed by atoms with Crippen molar-refractivity contribution in [3.05, 3.63) is 35.9 Å². The molecule has 2 aliphatic rings. The molecule has 1 aliphatic carbocycles. The van der Waals surface area contributed by atoms with Gasteiger partial charge in [-0.1, -0.05) is 49.6 Å². The summed E-state index contributed by atoms with van der Waals surface area (Å²) in [7, 11) is 0. The minimum absolute atomic E-state index is 0.168. The zero-order valence-electron chi connectivity index (χ0n) is 15.3. The van der Waals surface area contributed by atoms with E-state index in [9.17, 15) is 14.4 Å². The number of benzene rings is 1. The molecule has 0 aromatic heterocycles. The van der Waals surface area contributed by atoms with Gasteiger partial charge in [-0.3, -0.25) is 14.5 Å². The molecule has 0 spiro atoms. The second-order valence-electron chi connectivity index (χ2n) is 7.54. The Balaban J connectivity index is 1.56. The standard InChI is InChI=1S/C20H27N3O3/c1-20(13-12-15-8-4-2-5-9-15)18(25)23(19(26)22-20)14-17(24)21-16-10-6-3-7-11-16/h2,4-5,8-9,16H,3,6-7,10-14H2,1H3,(H,21,24)(H,22,26)/t20-/m1/s1. The quantitative estimate of drug-likeness (QED) is 0.767. The van der Waals surface area contributed by atoms with Crippen LogP contribution >= 0.6 is 0 Å². The van der Waals surface area contributed by atoms with Crippen molar-refractivity contribution in [1.82, 2.24) is 15.5 Å². The molecular formula is C20H27N3O3. The molecule has 0 bridgehead atoms. The molecule has 1 aliphatic heterocycles. The van der Waals surface area contributed by atoms with Gasteiger partial charge in [-0.25, -0.2) is 4.79 Å². The summed E-state index contributed by atoms with van der Waals surface area (Å²) in [6, 6.07) is 9.54. The Morgan fingerprint density at radius 1 is 1.19 bits per heavy atom. The molecule has 0 unspecified atom stereocenters. The van der Waals surface area contributed by atoms with Crippen LogP contribution in [0.3, 0.4) is 0 Å². The summed E-state index contributed by atoms with van der Waals surface area (Å²) in [5.41, 5.74) is 0.155. The maximum Gasteiger partial charge on any atom is 0.325 e. The molecule has 2 fully saturated rings. The van der Waals surface area contributed by atoms with Crippen LogP contribution in [-0.4, -0.2) is 40.9 Å². The molecule has 1 atom stereocenters. The highest BCUT2D eigenvalue weighted by Crippen LogP contribution is 2.23. The van der Waals surface area contributed by atoms with Crippen molar-refractivity contribution in [3.8, 4) is 0 Å². The first-order valence-corrected chi connectivity index (χ1v) is 9.45. The number of carbonyl (C=O) groups excluding carboxylic acids is 3. The summed E-state index contributed by atoms with van der Waals surface area (Å²) in [6.07, 6.45) is 6.57. The predicted octanol–water partition coefficient (Wildman–Crippen LogP) is 2.38. The molecule has 26 heavy (non-hydrogen) atoms.